The number of carbonyl (C=O) groups is 1. The molecule has 0 saturated carbocycles. The van der Waals surface area contributed by atoms with Gasteiger partial charge in [-0.3, -0.25) is 0 Å². The van der Waals surface area contributed by atoms with E-state index in [2.05, 4.69) is 0 Å². The summed E-state index contributed by atoms with van der Waals surface area (Å²) in [6, 6.07) is 8.59. The van der Waals surface area contributed by atoms with Gasteiger partial charge < -0.3 is 10.8 Å². The number of nitrogens with two attached hydrogens (primary N) is 1. The highest BCUT2D eigenvalue weighted by molar-refractivity contribution is 5.78. The van der Waals surface area contributed by atoms with Gasteiger partial charge in [0, 0.05) is 13.0 Å². The largest absolute Gasteiger partial charge is 0.479 e. The van der Waals surface area contributed by atoms with Crippen LogP contribution in [0.25, 0.3) is 0 Å². The molecule has 1 rings (SSSR count). The summed E-state index contributed by atoms with van der Waals surface area (Å²) in [5.41, 5.74) is 3.37. The van der Waals surface area contributed by atoms with Crippen LogP contribution in [0.2, 0.25) is 0 Å². The molecule has 1 atom stereocenters. The average Bonchev–Trinajstić information content (AvgIpc) is 2.19. The fourth-order valence-electron chi connectivity index (χ4n) is 1.15. The molecule has 0 fully saturated rings. The summed E-state index contributed by atoms with van der Waals surface area (Å²) >= 11 is 0. The van der Waals surface area contributed by atoms with Gasteiger partial charge >= 0.3 is 5.97 Å². The van der Waals surface area contributed by atoms with Crippen molar-refractivity contribution in [3.63, 3.8) is 0 Å². The zero-order valence-corrected chi connectivity index (χ0v) is 7.61. The van der Waals surface area contributed by atoms with E-state index < -0.39 is 18.2 Å². The molecule has 1 unspecified atom stereocenters. The molecule has 14 heavy (non-hydrogen) atoms. The summed E-state index contributed by atoms with van der Waals surface area (Å²) in [4.78, 5) is 10.6. The van der Waals surface area contributed by atoms with Gasteiger partial charge in [-0.15, -0.1) is 0 Å². The number of halogens is 1. The molecule has 1 aromatic carbocycles. The first-order valence-electron chi connectivity index (χ1n) is 4.25. The second-order valence-corrected chi connectivity index (χ2v) is 3.14. The van der Waals surface area contributed by atoms with Crippen molar-refractivity contribution in [1.29, 1.82) is 0 Å². The van der Waals surface area contributed by atoms with Crippen LogP contribution < -0.4 is 5.73 Å². The Morgan fingerprint density at radius 3 is 2.43 bits per heavy atom. The van der Waals surface area contributed by atoms with Gasteiger partial charge in [0.05, 0.1) is 0 Å². The van der Waals surface area contributed by atoms with Crippen molar-refractivity contribution in [2.75, 3.05) is 6.54 Å². The van der Waals surface area contributed by atoms with E-state index in [0.717, 1.165) is 0 Å². The van der Waals surface area contributed by atoms with Gasteiger partial charge in [-0.1, -0.05) is 30.3 Å². The van der Waals surface area contributed by atoms with Gasteiger partial charge in [0.25, 0.3) is 0 Å². The zero-order valence-electron chi connectivity index (χ0n) is 7.61. The van der Waals surface area contributed by atoms with E-state index in [1.165, 1.54) is 0 Å². The molecule has 0 radical (unpaired) electrons. The Kier molecular flexibility index (Phi) is 3.19. The summed E-state index contributed by atoms with van der Waals surface area (Å²) in [6.45, 7) is -0.517. The number of hydrogen-bond acceptors (Lipinski definition) is 2. The van der Waals surface area contributed by atoms with Crippen LogP contribution >= 0.6 is 0 Å². The van der Waals surface area contributed by atoms with E-state index in [1.54, 1.807) is 30.3 Å². The van der Waals surface area contributed by atoms with Crippen LogP contribution in [0.15, 0.2) is 30.3 Å². The minimum atomic E-state index is -2.36. The fraction of sp³-hybridized carbons (Fsp3) is 0.300. The summed E-state index contributed by atoms with van der Waals surface area (Å²) in [7, 11) is 0. The SMILES string of the molecule is NCC(F)(Cc1ccccc1)C(=O)O. The minimum absolute atomic E-state index is 0.195. The predicted molar refractivity (Wildman–Crippen MR) is 50.7 cm³/mol. The lowest BCUT2D eigenvalue weighted by Crippen LogP contribution is -2.43. The van der Waals surface area contributed by atoms with Crippen LogP contribution in [-0.4, -0.2) is 23.3 Å². The third-order valence-electron chi connectivity index (χ3n) is 2.03. The number of benzene rings is 1. The van der Waals surface area contributed by atoms with E-state index in [9.17, 15) is 9.18 Å². The molecule has 0 aliphatic heterocycles. The standard InChI is InChI=1S/C10H12FNO2/c11-10(7-12,9(13)14)6-8-4-2-1-3-5-8/h1-5H,6-7,12H2,(H,13,14). The van der Waals surface area contributed by atoms with Crippen molar-refractivity contribution >= 4 is 5.97 Å². The van der Waals surface area contributed by atoms with Crippen LogP contribution in [0.1, 0.15) is 5.56 Å². The molecule has 0 heterocycles. The van der Waals surface area contributed by atoms with Gasteiger partial charge in [-0.05, 0) is 5.56 Å². The highest BCUT2D eigenvalue weighted by Crippen LogP contribution is 2.17. The molecular formula is C10H12FNO2. The summed E-state index contributed by atoms with van der Waals surface area (Å²) < 4.78 is 13.6. The second-order valence-electron chi connectivity index (χ2n) is 3.14. The van der Waals surface area contributed by atoms with E-state index in [0.29, 0.717) is 5.56 Å². The van der Waals surface area contributed by atoms with Crippen LogP contribution in [0, 0.1) is 0 Å². The third-order valence-corrected chi connectivity index (χ3v) is 2.03. The minimum Gasteiger partial charge on any atom is -0.479 e. The van der Waals surface area contributed by atoms with Gasteiger partial charge in [-0.25, -0.2) is 9.18 Å². The maximum atomic E-state index is 13.6. The summed E-state index contributed by atoms with van der Waals surface area (Å²) in [5.74, 6) is -1.51. The molecule has 0 aromatic heterocycles. The van der Waals surface area contributed by atoms with Crippen molar-refractivity contribution < 1.29 is 14.3 Å². The molecule has 3 N–H and O–H groups in total. The number of rotatable bonds is 4. The first-order valence-corrected chi connectivity index (χ1v) is 4.25. The molecule has 0 aliphatic carbocycles. The van der Waals surface area contributed by atoms with E-state index in [-0.39, 0.29) is 6.42 Å². The van der Waals surface area contributed by atoms with Crippen molar-refractivity contribution in [2.45, 2.75) is 12.1 Å². The monoisotopic (exact) mass is 197 g/mol. The molecule has 1 aromatic rings. The molecule has 4 heteroatoms. The van der Waals surface area contributed by atoms with Crippen molar-refractivity contribution in [3.05, 3.63) is 35.9 Å². The first kappa shape index (κ1) is 10.7. The highest BCUT2D eigenvalue weighted by Gasteiger charge is 2.37. The zero-order chi connectivity index (χ0) is 10.6. The van der Waals surface area contributed by atoms with Crippen molar-refractivity contribution in [2.24, 2.45) is 5.73 Å². The smallest absolute Gasteiger partial charge is 0.343 e. The normalized spacial score (nSPS) is 14.7. The van der Waals surface area contributed by atoms with Crippen LogP contribution in [0.3, 0.4) is 0 Å². The lowest BCUT2D eigenvalue weighted by molar-refractivity contribution is -0.150. The Labute approximate surface area is 81.4 Å². The maximum Gasteiger partial charge on any atom is 0.343 e. The number of carboxylic acids is 1. The summed E-state index contributed by atoms with van der Waals surface area (Å²) in [5, 5.41) is 8.64. The molecule has 0 bridgehead atoms. The van der Waals surface area contributed by atoms with E-state index >= 15 is 0 Å². The number of aliphatic carboxylic acids is 1. The molecular weight excluding hydrogens is 185 g/mol. The fourth-order valence-corrected chi connectivity index (χ4v) is 1.15. The Hall–Kier alpha value is -1.42. The van der Waals surface area contributed by atoms with Crippen LogP contribution in [-0.2, 0) is 11.2 Å². The van der Waals surface area contributed by atoms with Gasteiger partial charge in [-0.2, -0.15) is 0 Å². The van der Waals surface area contributed by atoms with Crippen LogP contribution in [0.4, 0.5) is 4.39 Å². The number of hydrogen-bond donors (Lipinski definition) is 2. The Balaban J connectivity index is 2.81. The van der Waals surface area contributed by atoms with Crippen molar-refractivity contribution in [3.8, 4) is 0 Å². The Morgan fingerprint density at radius 2 is 2.00 bits per heavy atom. The number of carboxylic acid groups (broad SMARTS) is 1. The topological polar surface area (TPSA) is 63.3 Å². The molecule has 76 valence electrons. The summed E-state index contributed by atoms with van der Waals surface area (Å²) in [6.07, 6.45) is -0.195. The number of alkyl halides is 1. The third kappa shape index (κ3) is 2.29. The molecule has 0 saturated heterocycles. The Morgan fingerprint density at radius 1 is 1.43 bits per heavy atom. The van der Waals surface area contributed by atoms with Gasteiger partial charge in [0.15, 0.2) is 0 Å². The predicted octanol–water partition coefficient (Wildman–Crippen LogP) is 0.981. The Bertz CT molecular complexity index is 315. The quantitative estimate of drug-likeness (QED) is 0.756. The van der Waals surface area contributed by atoms with Crippen LogP contribution in [0.5, 0.6) is 0 Å². The second kappa shape index (κ2) is 4.19. The molecule has 0 spiro atoms. The molecule has 3 nitrogen and oxygen atoms in total. The van der Waals surface area contributed by atoms with Gasteiger partial charge in [0.2, 0.25) is 5.67 Å². The lowest BCUT2D eigenvalue weighted by Gasteiger charge is -2.18. The average molecular weight is 197 g/mol. The van der Waals surface area contributed by atoms with Gasteiger partial charge in [0.1, 0.15) is 0 Å². The lowest BCUT2D eigenvalue weighted by atomic mass is 9.97. The molecule has 0 aliphatic rings. The van der Waals surface area contributed by atoms with Crippen molar-refractivity contribution in [1.82, 2.24) is 0 Å². The first-order chi connectivity index (χ1) is 6.58. The molecule has 0 amide bonds. The van der Waals surface area contributed by atoms with E-state index in [1.807, 2.05) is 0 Å². The highest BCUT2D eigenvalue weighted by atomic mass is 19.1. The van der Waals surface area contributed by atoms with E-state index in [4.69, 9.17) is 10.8 Å². The maximum absolute atomic E-state index is 13.6.